The number of hydrogen-bond donors (Lipinski definition) is 0. The zero-order chi connectivity index (χ0) is 13.7. The molecule has 2 aliphatic rings. The van der Waals surface area contributed by atoms with Crippen molar-refractivity contribution in [3.63, 3.8) is 0 Å². The molecule has 3 unspecified atom stereocenters. The maximum atomic E-state index is 4.03. The van der Waals surface area contributed by atoms with E-state index in [2.05, 4.69) is 68.3 Å². The van der Waals surface area contributed by atoms with Crippen LogP contribution in [0.15, 0.2) is 40.9 Å². The average Bonchev–Trinajstić information content (AvgIpc) is 3.22. The summed E-state index contributed by atoms with van der Waals surface area (Å²) in [4.78, 5) is 0.522. The third-order valence-electron chi connectivity index (χ3n) is 5.26. The van der Waals surface area contributed by atoms with Crippen molar-refractivity contribution in [3.05, 3.63) is 46.4 Å². The van der Waals surface area contributed by atoms with Crippen molar-refractivity contribution in [1.82, 2.24) is 0 Å². The molecule has 0 bridgehead atoms. The Morgan fingerprint density at radius 2 is 1.55 bits per heavy atom. The van der Waals surface area contributed by atoms with E-state index in [1.165, 1.54) is 46.5 Å². The van der Waals surface area contributed by atoms with Crippen LogP contribution in [0.1, 0.15) is 36.1 Å². The van der Waals surface area contributed by atoms with Crippen LogP contribution in [0, 0.1) is 17.8 Å². The molecule has 20 heavy (non-hydrogen) atoms. The second-order valence-electron chi connectivity index (χ2n) is 6.27. The molecule has 0 aliphatic heterocycles. The van der Waals surface area contributed by atoms with Crippen molar-refractivity contribution in [3.8, 4) is 0 Å². The summed E-state index contributed by atoms with van der Waals surface area (Å²) in [7, 11) is 0. The van der Waals surface area contributed by atoms with E-state index in [1.54, 1.807) is 0 Å². The largest absolute Gasteiger partial charge is 0.0835 e. The lowest BCUT2D eigenvalue weighted by molar-refractivity contribution is 0.480. The first kappa shape index (κ1) is 13.3. The molecule has 0 heterocycles. The number of fused-ring (bicyclic) bond motifs is 2. The predicted octanol–water partition coefficient (Wildman–Crippen LogP) is 6.47. The lowest BCUT2D eigenvalue weighted by atomic mass is 9.99. The van der Waals surface area contributed by atoms with Gasteiger partial charge in [0, 0.05) is 9.30 Å². The molecule has 104 valence electrons. The van der Waals surface area contributed by atoms with Gasteiger partial charge in [-0.05, 0) is 53.0 Å². The van der Waals surface area contributed by atoms with Crippen molar-refractivity contribution in [1.29, 1.82) is 0 Å². The van der Waals surface area contributed by atoms with Crippen LogP contribution in [0.2, 0.25) is 0 Å². The molecule has 3 atom stereocenters. The van der Waals surface area contributed by atoms with Gasteiger partial charge in [-0.3, -0.25) is 0 Å². The number of rotatable bonds is 2. The van der Waals surface area contributed by atoms with Crippen molar-refractivity contribution in [2.75, 3.05) is 0 Å². The number of hydrogen-bond acceptors (Lipinski definition) is 0. The van der Waals surface area contributed by atoms with E-state index in [4.69, 9.17) is 0 Å². The normalized spacial score (nSPS) is 30.0. The molecule has 0 N–H and O–H groups in total. The van der Waals surface area contributed by atoms with Crippen LogP contribution in [0.25, 0.3) is 10.8 Å². The first-order valence-corrected chi connectivity index (χ1v) is 9.29. The maximum Gasteiger partial charge on any atom is 0.0435 e. The fourth-order valence-electron chi connectivity index (χ4n) is 4.22. The molecule has 2 heteroatoms. The van der Waals surface area contributed by atoms with Crippen molar-refractivity contribution in [2.24, 2.45) is 17.8 Å². The molecule has 2 saturated carbocycles. The first-order valence-electron chi connectivity index (χ1n) is 7.58. The van der Waals surface area contributed by atoms with Gasteiger partial charge >= 0.3 is 0 Å². The summed E-state index contributed by atoms with van der Waals surface area (Å²) >= 11 is 7.71. The molecule has 0 amide bonds. The lowest BCUT2D eigenvalue weighted by Crippen LogP contribution is -1.97. The maximum absolute atomic E-state index is 4.03. The molecule has 0 nitrogen and oxygen atoms in total. The fourth-order valence-corrected chi connectivity index (χ4v) is 5.88. The highest BCUT2D eigenvalue weighted by Gasteiger charge is 2.53. The number of alkyl halides is 1. The summed E-state index contributed by atoms with van der Waals surface area (Å²) in [6.07, 6.45) is 5.79. The zero-order valence-corrected chi connectivity index (χ0v) is 14.5. The van der Waals surface area contributed by atoms with Gasteiger partial charge < -0.3 is 0 Å². The Labute approximate surface area is 137 Å². The summed E-state index contributed by atoms with van der Waals surface area (Å²) in [6, 6.07) is 13.3. The van der Waals surface area contributed by atoms with Crippen molar-refractivity contribution in [2.45, 2.75) is 30.5 Å². The van der Waals surface area contributed by atoms with Gasteiger partial charge in [-0.1, -0.05) is 75.0 Å². The molecule has 0 radical (unpaired) electrons. The Bertz CT molecular complexity index is 637. The minimum absolute atomic E-state index is 0.522. The molecule has 2 aromatic rings. The topological polar surface area (TPSA) is 0 Å². The molecule has 2 aromatic carbocycles. The zero-order valence-electron chi connectivity index (χ0n) is 11.4. The van der Waals surface area contributed by atoms with Crippen LogP contribution in [0.5, 0.6) is 0 Å². The van der Waals surface area contributed by atoms with Crippen LogP contribution in [0.4, 0.5) is 0 Å². The van der Waals surface area contributed by atoms with Crippen LogP contribution >= 0.6 is 31.9 Å². The Balaban J connectivity index is 1.73. The van der Waals surface area contributed by atoms with Crippen LogP contribution in [-0.2, 0) is 0 Å². The number of halogens is 2. The minimum Gasteiger partial charge on any atom is -0.0835 e. The van der Waals surface area contributed by atoms with Gasteiger partial charge in [0.1, 0.15) is 0 Å². The molecule has 0 aromatic heterocycles. The highest BCUT2D eigenvalue weighted by molar-refractivity contribution is 9.10. The Morgan fingerprint density at radius 1 is 0.900 bits per heavy atom. The molecule has 2 fully saturated rings. The molecule has 2 aliphatic carbocycles. The summed E-state index contributed by atoms with van der Waals surface area (Å²) < 4.78 is 1.20. The third-order valence-corrected chi connectivity index (χ3v) is 7.06. The SMILES string of the molecule is Brc1ccc(C(Br)C2C3CCCCC32)c2ccccc12. The second kappa shape index (κ2) is 5.14. The molecule has 4 rings (SSSR count). The second-order valence-corrected chi connectivity index (χ2v) is 8.11. The van der Waals surface area contributed by atoms with Crippen LogP contribution < -0.4 is 0 Å². The van der Waals surface area contributed by atoms with Gasteiger partial charge in [-0.2, -0.15) is 0 Å². The minimum atomic E-state index is 0.522. The van der Waals surface area contributed by atoms with E-state index in [-0.39, 0.29) is 0 Å². The van der Waals surface area contributed by atoms with Gasteiger partial charge in [0.25, 0.3) is 0 Å². The van der Waals surface area contributed by atoms with Gasteiger partial charge in [0.15, 0.2) is 0 Å². The predicted molar refractivity (Wildman–Crippen MR) is 92.3 cm³/mol. The molecular weight excluding hydrogens is 376 g/mol. The first-order chi connectivity index (χ1) is 9.77. The summed E-state index contributed by atoms with van der Waals surface area (Å²) in [5, 5.41) is 2.73. The van der Waals surface area contributed by atoms with Gasteiger partial charge in [0.2, 0.25) is 0 Å². The van der Waals surface area contributed by atoms with E-state index in [0.717, 1.165) is 17.8 Å². The average molecular weight is 394 g/mol. The molecular formula is C18H18Br2. The monoisotopic (exact) mass is 392 g/mol. The Morgan fingerprint density at radius 3 is 2.25 bits per heavy atom. The Hall–Kier alpha value is -0.340. The quantitative estimate of drug-likeness (QED) is 0.512. The highest BCUT2D eigenvalue weighted by Crippen LogP contribution is 2.63. The summed E-state index contributed by atoms with van der Waals surface area (Å²) in [6.45, 7) is 0. The van der Waals surface area contributed by atoms with Crippen LogP contribution in [-0.4, -0.2) is 0 Å². The van der Waals surface area contributed by atoms with Gasteiger partial charge in [0.05, 0.1) is 0 Å². The Kier molecular flexibility index (Phi) is 3.42. The molecule has 0 saturated heterocycles. The summed E-state index contributed by atoms with van der Waals surface area (Å²) in [5.74, 6) is 2.83. The number of benzene rings is 2. The third kappa shape index (κ3) is 2.07. The highest BCUT2D eigenvalue weighted by atomic mass is 79.9. The standard InChI is InChI=1S/C18H18Br2/c19-16-10-9-15(11-5-1-2-6-12(11)16)18(20)17-13-7-3-4-8-14(13)17/h1-2,5-6,9-10,13-14,17-18H,3-4,7-8H2. The van der Waals surface area contributed by atoms with Gasteiger partial charge in [-0.25, -0.2) is 0 Å². The van der Waals surface area contributed by atoms with E-state index in [1.807, 2.05) is 0 Å². The van der Waals surface area contributed by atoms with E-state index in [9.17, 15) is 0 Å². The smallest absolute Gasteiger partial charge is 0.0435 e. The van der Waals surface area contributed by atoms with Crippen LogP contribution in [0.3, 0.4) is 0 Å². The van der Waals surface area contributed by atoms with E-state index in [0.29, 0.717) is 4.83 Å². The van der Waals surface area contributed by atoms with Gasteiger partial charge in [-0.15, -0.1) is 0 Å². The molecule has 0 spiro atoms. The lowest BCUT2D eigenvalue weighted by Gasteiger charge is -2.14. The van der Waals surface area contributed by atoms with Crippen molar-refractivity contribution < 1.29 is 0 Å². The summed E-state index contributed by atoms with van der Waals surface area (Å²) in [5.41, 5.74) is 1.48. The van der Waals surface area contributed by atoms with E-state index >= 15 is 0 Å². The van der Waals surface area contributed by atoms with E-state index < -0.39 is 0 Å². The fraction of sp³-hybridized carbons (Fsp3) is 0.444. The van der Waals surface area contributed by atoms with Crippen molar-refractivity contribution >= 4 is 42.6 Å².